The van der Waals surface area contributed by atoms with Crippen molar-refractivity contribution in [3.8, 4) is 0 Å². The Kier molecular flexibility index (Phi) is 10.5. The Bertz CT molecular complexity index is 1440. The molecule has 1 N–H and O–H groups in total. The zero-order valence-corrected chi connectivity index (χ0v) is 25.2. The van der Waals surface area contributed by atoms with Gasteiger partial charge >= 0.3 is 0 Å². The molecular weight excluding hydrogens is 558 g/mol. The molecule has 3 aromatic carbocycles. The third kappa shape index (κ3) is 7.49. The maximum Gasteiger partial charge on any atom is 0.264 e. The van der Waals surface area contributed by atoms with Gasteiger partial charge in [0.15, 0.2) is 0 Å². The number of nitrogens with one attached hydrogen (secondary N) is 1. The smallest absolute Gasteiger partial charge is 0.264 e. The molecule has 0 radical (unpaired) electrons. The second kappa shape index (κ2) is 14.0. The molecule has 1 fully saturated rings. The quantitative estimate of drug-likeness (QED) is 0.296. The van der Waals surface area contributed by atoms with Gasteiger partial charge in [-0.1, -0.05) is 92.4 Å². The molecule has 1 saturated carbocycles. The number of carbonyl (C=O) groups is 2. The summed E-state index contributed by atoms with van der Waals surface area (Å²) in [6.07, 6.45) is 5.68. The van der Waals surface area contributed by atoms with Crippen LogP contribution in [0.25, 0.3) is 0 Å². The van der Waals surface area contributed by atoms with Crippen molar-refractivity contribution in [2.24, 2.45) is 0 Å². The zero-order chi connectivity index (χ0) is 29.4. The van der Waals surface area contributed by atoms with Gasteiger partial charge in [-0.25, -0.2) is 8.42 Å². The van der Waals surface area contributed by atoms with Crippen molar-refractivity contribution in [2.45, 2.75) is 75.9 Å². The predicted molar refractivity (Wildman–Crippen MR) is 163 cm³/mol. The standard InChI is InChI=1S/C32H38ClN3O4S/c1-3-25-14-11-13-21-30(25)36(41(39,40)28-18-8-5-9-19-28)23-31(37)35(22-26-15-10-12-20-29(26)33)24(2)32(38)34-27-16-6-4-7-17-27/h5,8-15,18-21,24,27H,3-4,6-7,16-17,22-23H2,1-2H3,(H,34,38)/t24-/m1/s1. The van der Waals surface area contributed by atoms with E-state index in [0.717, 1.165) is 42.0 Å². The van der Waals surface area contributed by atoms with Gasteiger partial charge in [0, 0.05) is 17.6 Å². The van der Waals surface area contributed by atoms with E-state index in [2.05, 4.69) is 5.32 Å². The second-order valence-electron chi connectivity index (χ2n) is 10.4. The van der Waals surface area contributed by atoms with E-state index in [1.807, 2.05) is 25.1 Å². The van der Waals surface area contributed by atoms with Crippen LogP contribution in [0.15, 0.2) is 83.8 Å². The van der Waals surface area contributed by atoms with E-state index in [0.29, 0.717) is 22.7 Å². The number of para-hydroxylation sites is 1. The van der Waals surface area contributed by atoms with Crippen LogP contribution in [0, 0.1) is 0 Å². The van der Waals surface area contributed by atoms with Crippen molar-refractivity contribution in [3.05, 3.63) is 95.0 Å². The van der Waals surface area contributed by atoms with Crippen LogP contribution in [0.2, 0.25) is 5.02 Å². The summed E-state index contributed by atoms with van der Waals surface area (Å²) in [6, 6.07) is 21.6. The first-order valence-corrected chi connectivity index (χ1v) is 16.0. The van der Waals surface area contributed by atoms with Gasteiger partial charge in [0.1, 0.15) is 12.6 Å². The topological polar surface area (TPSA) is 86.8 Å². The Morgan fingerprint density at radius 3 is 2.17 bits per heavy atom. The van der Waals surface area contributed by atoms with Gasteiger partial charge in [-0.3, -0.25) is 13.9 Å². The van der Waals surface area contributed by atoms with E-state index >= 15 is 0 Å². The summed E-state index contributed by atoms with van der Waals surface area (Å²) in [4.78, 5) is 29.1. The molecule has 0 bridgehead atoms. The van der Waals surface area contributed by atoms with Crippen LogP contribution < -0.4 is 9.62 Å². The van der Waals surface area contributed by atoms with Crippen molar-refractivity contribution in [2.75, 3.05) is 10.8 Å². The number of hydrogen-bond acceptors (Lipinski definition) is 4. The zero-order valence-electron chi connectivity index (χ0n) is 23.6. The maximum atomic E-state index is 14.2. The Morgan fingerprint density at radius 2 is 1.51 bits per heavy atom. The van der Waals surface area contributed by atoms with E-state index in [9.17, 15) is 18.0 Å². The largest absolute Gasteiger partial charge is 0.352 e. The highest BCUT2D eigenvalue weighted by molar-refractivity contribution is 7.92. The number of anilines is 1. The van der Waals surface area contributed by atoms with Gasteiger partial charge in [0.05, 0.1) is 10.6 Å². The van der Waals surface area contributed by atoms with Crippen LogP contribution in [0.4, 0.5) is 5.69 Å². The van der Waals surface area contributed by atoms with Crippen molar-refractivity contribution in [3.63, 3.8) is 0 Å². The molecule has 1 atom stereocenters. The lowest BCUT2D eigenvalue weighted by Crippen LogP contribution is -2.53. The number of carbonyl (C=O) groups excluding carboxylic acids is 2. The van der Waals surface area contributed by atoms with E-state index in [-0.39, 0.29) is 23.4 Å². The summed E-state index contributed by atoms with van der Waals surface area (Å²) in [5.41, 5.74) is 1.90. The van der Waals surface area contributed by atoms with Crippen LogP contribution in [0.3, 0.4) is 0 Å². The highest BCUT2D eigenvalue weighted by Gasteiger charge is 2.34. The van der Waals surface area contributed by atoms with E-state index in [1.54, 1.807) is 55.5 Å². The van der Waals surface area contributed by atoms with Gasteiger partial charge in [0.25, 0.3) is 10.0 Å². The summed E-state index contributed by atoms with van der Waals surface area (Å²) < 4.78 is 29.1. The van der Waals surface area contributed by atoms with Crippen LogP contribution in [0.5, 0.6) is 0 Å². The van der Waals surface area contributed by atoms with Gasteiger partial charge in [0.2, 0.25) is 11.8 Å². The molecule has 41 heavy (non-hydrogen) atoms. The Balaban J connectivity index is 1.70. The first kappa shape index (κ1) is 30.6. The summed E-state index contributed by atoms with van der Waals surface area (Å²) in [7, 11) is -4.11. The molecule has 0 unspecified atom stereocenters. The molecule has 218 valence electrons. The molecule has 0 aromatic heterocycles. The number of aryl methyl sites for hydroxylation is 1. The summed E-state index contributed by atoms with van der Waals surface area (Å²) in [5.74, 6) is -0.759. The predicted octanol–water partition coefficient (Wildman–Crippen LogP) is 5.96. The highest BCUT2D eigenvalue weighted by atomic mass is 35.5. The summed E-state index contributed by atoms with van der Waals surface area (Å²) >= 11 is 6.46. The number of sulfonamides is 1. The Morgan fingerprint density at radius 1 is 0.902 bits per heavy atom. The number of rotatable bonds is 11. The summed E-state index contributed by atoms with van der Waals surface area (Å²) in [5, 5.41) is 3.58. The molecule has 4 rings (SSSR count). The second-order valence-corrected chi connectivity index (χ2v) is 12.7. The van der Waals surface area contributed by atoms with Gasteiger partial charge < -0.3 is 10.2 Å². The molecule has 3 aromatic rings. The van der Waals surface area contributed by atoms with E-state index in [1.165, 1.54) is 17.0 Å². The van der Waals surface area contributed by atoms with Gasteiger partial charge in [-0.05, 0) is 61.6 Å². The third-order valence-corrected chi connectivity index (χ3v) is 9.81. The number of nitrogens with zero attached hydrogens (tertiary/aromatic N) is 2. The van der Waals surface area contributed by atoms with Crippen LogP contribution in [0.1, 0.15) is 57.1 Å². The van der Waals surface area contributed by atoms with Crippen LogP contribution in [-0.2, 0) is 32.6 Å². The maximum absolute atomic E-state index is 14.2. The number of benzene rings is 3. The Hall–Kier alpha value is -3.36. The minimum Gasteiger partial charge on any atom is -0.352 e. The monoisotopic (exact) mass is 595 g/mol. The Labute approximate surface area is 248 Å². The molecule has 0 saturated heterocycles. The lowest BCUT2D eigenvalue weighted by atomic mass is 9.95. The highest BCUT2D eigenvalue weighted by Crippen LogP contribution is 2.28. The lowest BCUT2D eigenvalue weighted by Gasteiger charge is -2.33. The minimum atomic E-state index is -4.11. The van der Waals surface area contributed by atoms with Crippen molar-refractivity contribution < 1.29 is 18.0 Å². The number of amides is 2. The fourth-order valence-corrected chi connectivity index (χ4v) is 6.92. The molecule has 1 aliphatic carbocycles. The van der Waals surface area contributed by atoms with Crippen molar-refractivity contribution in [1.82, 2.24) is 10.2 Å². The van der Waals surface area contributed by atoms with Gasteiger partial charge in [-0.15, -0.1) is 0 Å². The van der Waals surface area contributed by atoms with E-state index in [4.69, 9.17) is 11.6 Å². The van der Waals surface area contributed by atoms with Crippen LogP contribution in [-0.4, -0.2) is 43.8 Å². The average Bonchev–Trinajstić information content (AvgIpc) is 3.00. The fourth-order valence-electron chi connectivity index (χ4n) is 5.25. The normalized spacial score (nSPS) is 14.7. The molecule has 0 aliphatic heterocycles. The van der Waals surface area contributed by atoms with E-state index < -0.39 is 28.5 Å². The third-order valence-electron chi connectivity index (χ3n) is 7.67. The van der Waals surface area contributed by atoms with Crippen LogP contribution >= 0.6 is 11.6 Å². The lowest BCUT2D eigenvalue weighted by molar-refractivity contribution is -0.139. The first-order valence-electron chi connectivity index (χ1n) is 14.2. The minimum absolute atomic E-state index is 0.0619. The molecule has 9 heteroatoms. The molecular formula is C32H38ClN3O4S. The summed E-state index contributed by atoms with van der Waals surface area (Å²) in [6.45, 7) is 3.21. The average molecular weight is 596 g/mol. The SMILES string of the molecule is CCc1ccccc1N(CC(=O)N(Cc1ccccc1Cl)[C@H](C)C(=O)NC1CCCCC1)S(=O)(=O)c1ccccc1. The molecule has 7 nitrogen and oxygen atoms in total. The van der Waals surface area contributed by atoms with Gasteiger partial charge in [-0.2, -0.15) is 0 Å². The molecule has 1 aliphatic rings. The van der Waals surface area contributed by atoms with Crippen molar-refractivity contribution >= 4 is 39.1 Å². The fraction of sp³-hybridized carbons (Fsp3) is 0.375. The number of hydrogen-bond donors (Lipinski definition) is 1. The molecule has 2 amide bonds. The molecule has 0 heterocycles. The van der Waals surface area contributed by atoms with Crippen molar-refractivity contribution in [1.29, 1.82) is 0 Å². The first-order chi connectivity index (χ1) is 19.7. The number of halogens is 1. The molecule has 0 spiro atoms.